The summed E-state index contributed by atoms with van der Waals surface area (Å²) >= 11 is 5.88. The Bertz CT molecular complexity index is 668. The number of benzene rings is 1. The van der Waals surface area contributed by atoms with Gasteiger partial charge in [-0.3, -0.25) is 9.67 Å². The Morgan fingerprint density at radius 3 is 2.71 bits per heavy atom. The molecule has 0 radical (unpaired) electrons. The number of hydrogen-bond donors (Lipinski definition) is 1. The van der Waals surface area contributed by atoms with Crippen LogP contribution < -0.4 is 10.1 Å². The molecular formula is C17H24ClN5O. The molecule has 0 aliphatic heterocycles. The van der Waals surface area contributed by atoms with Crippen molar-refractivity contribution in [3.63, 3.8) is 0 Å². The second-order valence-corrected chi connectivity index (χ2v) is 6.13. The number of nitrogens with one attached hydrogen (secondary N) is 1. The first kappa shape index (κ1) is 18.1. The minimum atomic E-state index is -0.00489. The van der Waals surface area contributed by atoms with Crippen LogP contribution in [0.25, 0.3) is 0 Å². The number of guanidine groups is 1. The molecule has 1 unspecified atom stereocenters. The lowest BCUT2D eigenvalue weighted by atomic mass is 10.3. The molecule has 1 heterocycles. The predicted molar refractivity (Wildman–Crippen MR) is 97.6 cm³/mol. The molecule has 0 saturated carbocycles. The summed E-state index contributed by atoms with van der Waals surface area (Å²) in [4.78, 5) is 6.36. The van der Waals surface area contributed by atoms with E-state index in [-0.39, 0.29) is 6.10 Å². The summed E-state index contributed by atoms with van der Waals surface area (Å²) < 4.78 is 7.65. The molecule has 24 heavy (non-hydrogen) atoms. The lowest BCUT2D eigenvalue weighted by Crippen LogP contribution is -2.42. The van der Waals surface area contributed by atoms with E-state index in [1.165, 1.54) is 0 Å². The zero-order valence-corrected chi connectivity index (χ0v) is 15.3. The predicted octanol–water partition coefficient (Wildman–Crippen LogP) is 2.55. The van der Waals surface area contributed by atoms with Gasteiger partial charge < -0.3 is 15.0 Å². The quantitative estimate of drug-likeness (QED) is 0.643. The molecule has 1 aromatic carbocycles. The van der Waals surface area contributed by atoms with E-state index in [1.807, 2.05) is 62.6 Å². The first-order valence-electron chi connectivity index (χ1n) is 7.79. The van der Waals surface area contributed by atoms with Gasteiger partial charge in [-0.15, -0.1) is 0 Å². The molecule has 0 amide bonds. The summed E-state index contributed by atoms with van der Waals surface area (Å²) in [5.74, 6) is 1.61. The van der Waals surface area contributed by atoms with Crippen molar-refractivity contribution in [2.24, 2.45) is 12.0 Å². The Balaban J connectivity index is 1.82. The number of aliphatic imine (C=N–C) groups is 1. The van der Waals surface area contributed by atoms with Gasteiger partial charge in [0.2, 0.25) is 0 Å². The fraction of sp³-hybridized carbons (Fsp3) is 0.412. The average molecular weight is 350 g/mol. The van der Waals surface area contributed by atoms with Crippen LogP contribution in [0.2, 0.25) is 5.02 Å². The summed E-state index contributed by atoms with van der Waals surface area (Å²) in [7, 11) is 5.67. The Hall–Kier alpha value is -2.21. The van der Waals surface area contributed by atoms with Crippen LogP contribution in [0.1, 0.15) is 12.5 Å². The number of aryl methyl sites for hydroxylation is 1. The molecule has 2 rings (SSSR count). The molecule has 130 valence electrons. The van der Waals surface area contributed by atoms with Crippen LogP contribution in [0.15, 0.2) is 41.7 Å². The molecule has 0 aliphatic carbocycles. The summed E-state index contributed by atoms with van der Waals surface area (Å²) in [6.07, 6.45) is 3.85. The minimum Gasteiger partial charge on any atom is -0.489 e. The largest absolute Gasteiger partial charge is 0.489 e. The molecule has 0 aliphatic rings. The Kier molecular flexibility index (Phi) is 6.49. The maximum absolute atomic E-state index is 5.88. The van der Waals surface area contributed by atoms with E-state index in [1.54, 1.807) is 11.7 Å². The average Bonchev–Trinajstić information content (AvgIpc) is 2.95. The van der Waals surface area contributed by atoms with E-state index in [9.17, 15) is 0 Å². The molecule has 0 fully saturated rings. The van der Waals surface area contributed by atoms with E-state index in [2.05, 4.69) is 15.4 Å². The van der Waals surface area contributed by atoms with Gasteiger partial charge in [0, 0.05) is 44.5 Å². The van der Waals surface area contributed by atoms with Crippen LogP contribution in [0.4, 0.5) is 0 Å². The van der Waals surface area contributed by atoms with Gasteiger partial charge in [0.05, 0.1) is 12.7 Å². The van der Waals surface area contributed by atoms with Crippen molar-refractivity contribution in [2.75, 3.05) is 20.6 Å². The number of halogens is 1. The van der Waals surface area contributed by atoms with Crippen molar-refractivity contribution in [2.45, 2.75) is 19.6 Å². The number of nitrogens with zero attached hydrogens (tertiary/aromatic N) is 4. The SMILES string of the molecule is CN=C(NCC(C)Oc1ccc(Cl)cc1)N(C)Cc1cnn(C)c1. The Morgan fingerprint density at radius 2 is 2.12 bits per heavy atom. The van der Waals surface area contributed by atoms with E-state index < -0.39 is 0 Å². The smallest absolute Gasteiger partial charge is 0.193 e. The third-order valence-corrected chi connectivity index (χ3v) is 3.70. The highest BCUT2D eigenvalue weighted by atomic mass is 35.5. The van der Waals surface area contributed by atoms with Gasteiger partial charge in [-0.05, 0) is 31.2 Å². The van der Waals surface area contributed by atoms with Crippen LogP contribution in [-0.2, 0) is 13.6 Å². The normalized spacial score (nSPS) is 12.8. The summed E-state index contributed by atoms with van der Waals surface area (Å²) in [5, 5.41) is 8.21. The third-order valence-electron chi connectivity index (χ3n) is 3.45. The number of hydrogen-bond acceptors (Lipinski definition) is 3. The van der Waals surface area contributed by atoms with Gasteiger partial charge in [-0.2, -0.15) is 5.10 Å². The topological polar surface area (TPSA) is 54.7 Å². The van der Waals surface area contributed by atoms with Crippen LogP contribution in [0.3, 0.4) is 0 Å². The van der Waals surface area contributed by atoms with Crippen LogP contribution >= 0.6 is 11.6 Å². The summed E-state index contributed by atoms with van der Waals surface area (Å²) in [5.41, 5.74) is 1.13. The molecule has 2 aromatic rings. The lowest BCUT2D eigenvalue weighted by Gasteiger charge is -2.23. The zero-order chi connectivity index (χ0) is 17.5. The number of ether oxygens (including phenoxy) is 1. The van der Waals surface area contributed by atoms with Gasteiger partial charge in [0.15, 0.2) is 5.96 Å². The highest BCUT2D eigenvalue weighted by molar-refractivity contribution is 6.30. The van der Waals surface area contributed by atoms with Crippen molar-refractivity contribution >= 4 is 17.6 Å². The second kappa shape index (κ2) is 8.59. The van der Waals surface area contributed by atoms with Crippen molar-refractivity contribution in [3.8, 4) is 5.75 Å². The van der Waals surface area contributed by atoms with E-state index in [4.69, 9.17) is 16.3 Å². The standard InChI is InChI=1S/C17H24ClN5O/c1-13(24-16-7-5-15(18)6-8-16)9-20-17(19-2)22(3)11-14-10-21-23(4)12-14/h5-8,10,12-13H,9,11H2,1-4H3,(H,19,20). The molecule has 1 aromatic heterocycles. The Morgan fingerprint density at radius 1 is 1.42 bits per heavy atom. The molecule has 0 bridgehead atoms. The highest BCUT2D eigenvalue weighted by Gasteiger charge is 2.10. The van der Waals surface area contributed by atoms with Crippen molar-refractivity contribution in [1.82, 2.24) is 20.0 Å². The van der Waals surface area contributed by atoms with Crippen LogP contribution in [0.5, 0.6) is 5.75 Å². The van der Waals surface area contributed by atoms with Gasteiger partial charge in [0.1, 0.15) is 11.9 Å². The maximum atomic E-state index is 5.88. The second-order valence-electron chi connectivity index (χ2n) is 5.69. The van der Waals surface area contributed by atoms with E-state index >= 15 is 0 Å². The van der Waals surface area contributed by atoms with Crippen LogP contribution in [0, 0.1) is 0 Å². The molecule has 0 saturated heterocycles. The highest BCUT2D eigenvalue weighted by Crippen LogP contribution is 2.16. The number of rotatable bonds is 6. The lowest BCUT2D eigenvalue weighted by molar-refractivity contribution is 0.222. The fourth-order valence-electron chi connectivity index (χ4n) is 2.31. The first-order valence-corrected chi connectivity index (χ1v) is 8.17. The monoisotopic (exact) mass is 349 g/mol. The van der Waals surface area contributed by atoms with Gasteiger partial charge in [-0.1, -0.05) is 11.6 Å². The number of aromatic nitrogens is 2. The molecular weight excluding hydrogens is 326 g/mol. The van der Waals surface area contributed by atoms with Crippen molar-refractivity contribution in [3.05, 3.63) is 47.2 Å². The van der Waals surface area contributed by atoms with Gasteiger partial charge in [0.25, 0.3) is 0 Å². The van der Waals surface area contributed by atoms with Gasteiger partial charge >= 0.3 is 0 Å². The molecule has 7 heteroatoms. The minimum absolute atomic E-state index is 0.00489. The molecule has 6 nitrogen and oxygen atoms in total. The fourth-order valence-corrected chi connectivity index (χ4v) is 2.44. The zero-order valence-electron chi connectivity index (χ0n) is 14.5. The van der Waals surface area contributed by atoms with Crippen molar-refractivity contribution in [1.29, 1.82) is 0 Å². The van der Waals surface area contributed by atoms with Crippen LogP contribution in [-0.4, -0.2) is 47.4 Å². The van der Waals surface area contributed by atoms with E-state index in [0.717, 1.165) is 23.8 Å². The van der Waals surface area contributed by atoms with Crippen molar-refractivity contribution < 1.29 is 4.74 Å². The summed E-state index contributed by atoms with van der Waals surface area (Å²) in [6.45, 7) is 3.39. The third kappa shape index (κ3) is 5.45. The maximum Gasteiger partial charge on any atom is 0.193 e. The molecule has 0 spiro atoms. The van der Waals surface area contributed by atoms with Gasteiger partial charge in [-0.25, -0.2) is 0 Å². The van der Waals surface area contributed by atoms with E-state index in [0.29, 0.717) is 11.6 Å². The summed E-state index contributed by atoms with van der Waals surface area (Å²) in [6, 6.07) is 7.36. The molecule has 1 N–H and O–H groups in total. The first-order chi connectivity index (χ1) is 11.5. The molecule has 1 atom stereocenters. The Labute approximate surface area is 148 Å².